The second-order valence-corrected chi connectivity index (χ2v) is 8.56. The molecule has 0 amide bonds. The van der Waals surface area contributed by atoms with Crippen LogP contribution in [0.1, 0.15) is 11.1 Å². The highest BCUT2D eigenvalue weighted by atomic mass is 16.3. The Morgan fingerprint density at radius 2 is 1.17 bits per heavy atom. The zero-order chi connectivity index (χ0) is 25.1. The highest BCUT2D eigenvalue weighted by molar-refractivity contribution is 5.97. The molecule has 4 aromatic carbocycles. The van der Waals surface area contributed by atoms with Crippen LogP contribution in [0.4, 0.5) is 5.82 Å². The van der Waals surface area contributed by atoms with Crippen LogP contribution in [0.5, 0.6) is 0 Å². The third kappa shape index (κ3) is 4.68. The minimum absolute atomic E-state index is 0.110. The molecule has 6 heteroatoms. The summed E-state index contributed by atoms with van der Waals surface area (Å²) in [5.74, 6) is 0.244. The number of hydrogen-bond acceptors (Lipinski definition) is 4. The van der Waals surface area contributed by atoms with Crippen molar-refractivity contribution in [2.75, 3.05) is 0 Å². The Bertz CT molecular complexity index is 1500. The molecule has 6 nitrogen and oxygen atoms in total. The maximum absolute atomic E-state index is 9.84. The lowest BCUT2D eigenvalue weighted by Crippen LogP contribution is -2.22. The summed E-state index contributed by atoms with van der Waals surface area (Å²) in [4.78, 5) is 9.10. The molecule has 0 saturated heterocycles. The monoisotopic (exact) mass is 474 g/mol. The van der Waals surface area contributed by atoms with Crippen molar-refractivity contribution in [3.63, 3.8) is 0 Å². The number of aromatic nitrogens is 1. The molecule has 0 unspecified atom stereocenters. The summed E-state index contributed by atoms with van der Waals surface area (Å²) >= 11 is 0. The van der Waals surface area contributed by atoms with Crippen LogP contribution < -0.4 is 11.5 Å². The molecule has 0 saturated carbocycles. The minimum atomic E-state index is -0.214. The van der Waals surface area contributed by atoms with Crippen LogP contribution in [0.25, 0.3) is 44.3 Å². The van der Waals surface area contributed by atoms with Gasteiger partial charge in [0.2, 0.25) is 0 Å². The number of rotatable bonds is 6. The first-order chi connectivity index (χ1) is 17.6. The average Bonchev–Trinajstić information content (AvgIpc) is 2.92. The molecule has 0 radical (unpaired) electrons. The maximum atomic E-state index is 9.84. The molecule has 0 aliphatic heterocycles. The van der Waals surface area contributed by atoms with Crippen molar-refractivity contribution >= 4 is 22.5 Å². The van der Waals surface area contributed by atoms with Crippen LogP contribution in [0, 0.1) is 0 Å². The smallest absolute Gasteiger partial charge is 0.192 e. The molecule has 0 atom stereocenters. The minimum Gasteiger partial charge on any atom is -0.392 e. The summed E-state index contributed by atoms with van der Waals surface area (Å²) in [7, 11) is 0. The lowest BCUT2D eigenvalue weighted by atomic mass is 9.94. The fraction of sp³-hybridized carbons (Fsp3) is 0.0667. The molecule has 6 N–H and O–H groups in total. The van der Waals surface area contributed by atoms with E-state index in [0.717, 1.165) is 33.2 Å². The molecule has 178 valence electrons. The van der Waals surface area contributed by atoms with Gasteiger partial charge in [-0.05, 0) is 75.2 Å². The number of aliphatic hydroxyl groups excluding tert-OH is 2. The van der Waals surface area contributed by atoms with Crippen molar-refractivity contribution in [3.05, 3.63) is 108 Å². The number of benzene rings is 4. The van der Waals surface area contributed by atoms with Gasteiger partial charge >= 0.3 is 0 Å². The Balaban J connectivity index is 1.78. The third-order valence-corrected chi connectivity index (χ3v) is 6.15. The first kappa shape index (κ1) is 23.2. The fourth-order valence-corrected chi connectivity index (χ4v) is 4.40. The van der Waals surface area contributed by atoms with Gasteiger partial charge in [0.25, 0.3) is 0 Å². The summed E-state index contributed by atoms with van der Waals surface area (Å²) in [6, 6.07) is 32.3. The maximum Gasteiger partial charge on any atom is 0.192 e. The van der Waals surface area contributed by atoms with Gasteiger partial charge in [-0.1, -0.05) is 60.7 Å². The van der Waals surface area contributed by atoms with Gasteiger partial charge in [-0.3, -0.25) is 0 Å². The zero-order valence-corrected chi connectivity index (χ0v) is 19.6. The number of nitrogens with zero attached hydrogens (tertiary/aromatic N) is 2. The highest BCUT2D eigenvalue weighted by Crippen LogP contribution is 2.36. The van der Waals surface area contributed by atoms with Gasteiger partial charge in [-0.2, -0.15) is 4.99 Å². The van der Waals surface area contributed by atoms with E-state index in [2.05, 4.69) is 47.5 Å². The number of aliphatic hydroxyl groups is 2. The summed E-state index contributed by atoms with van der Waals surface area (Å²) < 4.78 is 0. The standard InChI is InChI=1S/C30H26N4O2/c31-30(32)34-29-27-15-26(18-36)25(17-35)14-23(27)16-28(33-29)24-12-21(19-7-3-1-4-8-19)11-22(13-24)20-9-5-2-6-10-20/h1-16,35-36H,17-18H2,(H4,31,32,33,34). The van der Waals surface area contributed by atoms with E-state index in [1.54, 1.807) is 6.07 Å². The molecule has 5 aromatic rings. The quantitative estimate of drug-likeness (QED) is 0.201. The van der Waals surface area contributed by atoms with E-state index in [1.165, 1.54) is 0 Å². The van der Waals surface area contributed by atoms with Crippen LogP contribution >= 0.6 is 0 Å². The van der Waals surface area contributed by atoms with Gasteiger partial charge in [-0.25, -0.2) is 4.98 Å². The van der Waals surface area contributed by atoms with E-state index in [-0.39, 0.29) is 19.2 Å². The molecule has 0 aliphatic carbocycles. The molecule has 36 heavy (non-hydrogen) atoms. The van der Waals surface area contributed by atoms with Gasteiger partial charge in [0.15, 0.2) is 11.8 Å². The Kier molecular flexibility index (Phi) is 6.45. The van der Waals surface area contributed by atoms with Crippen LogP contribution in [0.3, 0.4) is 0 Å². The highest BCUT2D eigenvalue weighted by Gasteiger charge is 2.14. The van der Waals surface area contributed by atoms with Crippen LogP contribution in [-0.4, -0.2) is 21.2 Å². The lowest BCUT2D eigenvalue weighted by Gasteiger charge is -2.14. The van der Waals surface area contributed by atoms with Crippen LogP contribution in [-0.2, 0) is 13.2 Å². The second-order valence-electron chi connectivity index (χ2n) is 8.56. The topological polar surface area (TPSA) is 118 Å². The number of fused-ring (bicyclic) bond motifs is 1. The molecule has 0 aliphatic rings. The number of nitrogens with two attached hydrogens (primary N) is 2. The number of pyridine rings is 1. The van der Waals surface area contributed by atoms with E-state index in [4.69, 9.17) is 16.5 Å². The van der Waals surface area contributed by atoms with Crippen LogP contribution in [0.2, 0.25) is 0 Å². The Morgan fingerprint density at radius 3 is 1.69 bits per heavy atom. The molecule has 0 spiro atoms. The summed E-state index contributed by atoms with van der Waals surface area (Å²) in [5.41, 5.74) is 18.6. The van der Waals surface area contributed by atoms with E-state index < -0.39 is 0 Å². The number of guanidine groups is 1. The van der Waals surface area contributed by atoms with Crippen molar-refractivity contribution in [1.82, 2.24) is 4.98 Å². The predicted octanol–water partition coefficient (Wildman–Crippen LogP) is 5.13. The normalized spacial score (nSPS) is 10.9. The summed E-state index contributed by atoms with van der Waals surface area (Å²) in [5, 5.41) is 21.1. The predicted molar refractivity (Wildman–Crippen MR) is 145 cm³/mol. The van der Waals surface area contributed by atoms with E-state index in [0.29, 0.717) is 28.0 Å². The van der Waals surface area contributed by atoms with Crippen molar-refractivity contribution < 1.29 is 10.2 Å². The van der Waals surface area contributed by atoms with Gasteiger partial charge in [0.05, 0.1) is 18.9 Å². The van der Waals surface area contributed by atoms with Gasteiger partial charge < -0.3 is 21.7 Å². The number of hydrogen-bond donors (Lipinski definition) is 4. The molecule has 1 aromatic heterocycles. The van der Waals surface area contributed by atoms with Crippen LogP contribution in [0.15, 0.2) is 102 Å². The lowest BCUT2D eigenvalue weighted by molar-refractivity contribution is 0.260. The molecule has 0 bridgehead atoms. The first-order valence-electron chi connectivity index (χ1n) is 11.6. The molecule has 1 heterocycles. The van der Waals surface area contributed by atoms with Crippen molar-refractivity contribution in [2.24, 2.45) is 16.5 Å². The molecular weight excluding hydrogens is 448 g/mol. The number of aliphatic imine (C=N–C) groups is 1. The van der Waals surface area contributed by atoms with Gasteiger partial charge in [0.1, 0.15) is 0 Å². The Morgan fingerprint density at radius 1 is 0.639 bits per heavy atom. The molecule has 5 rings (SSSR count). The SMILES string of the molecule is NC(N)=Nc1nc(-c2cc(-c3ccccc3)cc(-c3ccccc3)c2)cc2cc(CO)c(CO)cc12. The largest absolute Gasteiger partial charge is 0.392 e. The fourth-order valence-electron chi connectivity index (χ4n) is 4.40. The van der Waals surface area contributed by atoms with Crippen molar-refractivity contribution in [1.29, 1.82) is 0 Å². The van der Waals surface area contributed by atoms with Crippen molar-refractivity contribution in [2.45, 2.75) is 13.2 Å². The van der Waals surface area contributed by atoms with Gasteiger partial charge in [0, 0.05) is 10.9 Å². The second kappa shape index (κ2) is 10.00. The zero-order valence-electron chi connectivity index (χ0n) is 19.6. The molecule has 0 fully saturated rings. The average molecular weight is 475 g/mol. The van der Waals surface area contributed by atoms with Gasteiger partial charge in [-0.15, -0.1) is 0 Å². The van der Waals surface area contributed by atoms with E-state index in [1.807, 2.05) is 48.5 Å². The van der Waals surface area contributed by atoms with E-state index in [9.17, 15) is 10.2 Å². The summed E-state index contributed by atoms with van der Waals surface area (Å²) in [6.45, 7) is -0.406. The first-order valence-corrected chi connectivity index (χ1v) is 11.6. The molecular formula is C30H26N4O2. The van der Waals surface area contributed by atoms with Crippen molar-refractivity contribution in [3.8, 4) is 33.5 Å². The Labute approximate surface area is 209 Å². The Hall–Kier alpha value is -4.52. The van der Waals surface area contributed by atoms with E-state index >= 15 is 0 Å². The third-order valence-electron chi connectivity index (χ3n) is 6.15. The summed E-state index contributed by atoms with van der Waals surface area (Å²) in [6.07, 6.45) is 0.